The summed E-state index contributed by atoms with van der Waals surface area (Å²) in [5.74, 6) is 0. The van der Waals surface area contributed by atoms with Crippen molar-refractivity contribution < 1.29 is 0 Å². The molecule has 0 fully saturated rings. The quantitative estimate of drug-likeness (QED) is 0.126. The number of rotatable bonds is 5. The second-order valence-corrected chi connectivity index (χ2v) is 18.4. The molecule has 0 spiro atoms. The number of hydrogen-bond acceptors (Lipinski definition) is 2. The molecule has 12 aromatic carbocycles. The summed E-state index contributed by atoms with van der Waals surface area (Å²) in [6.07, 6.45) is 0. The van der Waals surface area contributed by atoms with Crippen molar-refractivity contribution in [2.24, 2.45) is 0 Å². The third-order valence-electron chi connectivity index (χ3n) is 14.7. The Hall–Kier alpha value is -8.59. The Labute approximate surface area is 397 Å². The molecule has 0 N–H and O–H groups in total. The Morgan fingerprint density at radius 1 is 0.235 bits per heavy atom. The van der Waals surface area contributed by atoms with Gasteiger partial charge in [0.15, 0.2) is 0 Å². The molecule has 4 heteroatoms. The van der Waals surface area contributed by atoms with Gasteiger partial charge in [0.2, 0.25) is 13.4 Å². The number of nitrogens with zero attached hydrogens (tertiary/aromatic N) is 2. The summed E-state index contributed by atoms with van der Waals surface area (Å²) in [6.45, 7) is 0.0446. The van der Waals surface area contributed by atoms with Gasteiger partial charge in [-0.05, 0) is 125 Å². The molecule has 0 aromatic heterocycles. The summed E-state index contributed by atoms with van der Waals surface area (Å²) in [7, 11) is 0. The molecule has 0 saturated heterocycles. The van der Waals surface area contributed by atoms with E-state index in [0.717, 1.165) is 11.4 Å². The van der Waals surface area contributed by atoms with E-state index in [1.807, 2.05) is 0 Å². The molecule has 0 aliphatic carbocycles. The van der Waals surface area contributed by atoms with Gasteiger partial charge in [0.05, 0.1) is 0 Å². The van der Waals surface area contributed by atoms with Gasteiger partial charge in [-0.1, -0.05) is 217 Å². The van der Waals surface area contributed by atoms with Crippen molar-refractivity contribution in [3.8, 4) is 11.1 Å². The number of hydrogen-bond donors (Lipinski definition) is 0. The fourth-order valence-electron chi connectivity index (χ4n) is 11.7. The largest absolute Gasteiger partial charge is 0.312 e. The molecule has 0 bridgehead atoms. The van der Waals surface area contributed by atoms with E-state index >= 15 is 0 Å². The van der Waals surface area contributed by atoms with Crippen LogP contribution in [-0.4, -0.2) is 13.4 Å². The fraction of sp³-hybridized carbons (Fsp3) is 0. The average molecular weight is 861 g/mol. The molecule has 0 atom stereocenters. The van der Waals surface area contributed by atoms with Gasteiger partial charge >= 0.3 is 0 Å². The lowest BCUT2D eigenvalue weighted by Crippen LogP contribution is -2.57. The smallest absolute Gasteiger partial charge is 0.246 e. The molecular formula is C64H42B2N2. The van der Waals surface area contributed by atoms with Crippen LogP contribution in [0.3, 0.4) is 0 Å². The minimum absolute atomic E-state index is 0.0154. The van der Waals surface area contributed by atoms with Crippen molar-refractivity contribution in [1.82, 2.24) is 0 Å². The fourth-order valence-corrected chi connectivity index (χ4v) is 11.7. The lowest BCUT2D eigenvalue weighted by atomic mass is 9.34. The predicted octanol–water partition coefficient (Wildman–Crippen LogP) is 12.6. The lowest BCUT2D eigenvalue weighted by Gasteiger charge is -2.38. The van der Waals surface area contributed by atoms with Gasteiger partial charge in [0, 0.05) is 34.1 Å². The van der Waals surface area contributed by atoms with Gasteiger partial charge in [-0.2, -0.15) is 0 Å². The number of fused-ring (bicyclic) bond motifs is 11. The zero-order valence-corrected chi connectivity index (χ0v) is 37.3. The van der Waals surface area contributed by atoms with Gasteiger partial charge in [0.1, 0.15) is 0 Å². The summed E-state index contributed by atoms with van der Waals surface area (Å²) >= 11 is 0. The van der Waals surface area contributed by atoms with E-state index in [2.05, 4.69) is 265 Å². The van der Waals surface area contributed by atoms with Crippen molar-refractivity contribution in [3.63, 3.8) is 0 Å². The van der Waals surface area contributed by atoms with E-state index in [1.165, 1.54) is 110 Å². The highest BCUT2D eigenvalue weighted by Gasteiger charge is 2.38. The molecule has 0 radical (unpaired) electrons. The van der Waals surface area contributed by atoms with Crippen LogP contribution >= 0.6 is 0 Å². The van der Waals surface area contributed by atoms with Crippen LogP contribution < -0.4 is 42.6 Å². The van der Waals surface area contributed by atoms with Crippen LogP contribution in [0, 0.1) is 0 Å². The summed E-state index contributed by atoms with van der Waals surface area (Å²) in [6, 6.07) is 94.9. The molecule has 12 aromatic rings. The van der Waals surface area contributed by atoms with Crippen molar-refractivity contribution in [2.75, 3.05) is 9.80 Å². The number of anilines is 6. The molecule has 14 rings (SSSR count). The zero-order valence-electron chi connectivity index (χ0n) is 37.3. The monoisotopic (exact) mass is 860 g/mol. The highest BCUT2D eigenvalue weighted by molar-refractivity contribution is 6.99. The van der Waals surface area contributed by atoms with E-state index in [-0.39, 0.29) is 13.4 Å². The molecule has 0 unspecified atom stereocenters. The van der Waals surface area contributed by atoms with E-state index in [4.69, 9.17) is 0 Å². The molecule has 0 saturated carbocycles. The summed E-state index contributed by atoms with van der Waals surface area (Å²) in [5.41, 5.74) is 17.2. The topological polar surface area (TPSA) is 6.48 Å². The van der Waals surface area contributed by atoms with Crippen molar-refractivity contribution in [2.45, 2.75) is 0 Å². The minimum atomic E-state index is -0.0154. The van der Waals surface area contributed by atoms with E-state index in [1.54, 1.807) is 0 Å². The maximum absolute atomic E-state index is 2.49. The Morgan fingerprint density at radius 3 is 1.34 bits per heavy atom. The van der Waals surface area contributed by atoms with Crippen LogP contribution in [0.1, 0.15) is 0 Å². The van der Waals surface area contributed by atoms with Crippen molar-refractivity contribution in [1.29, 1.82) is 0 Å². The molecule has 2 heterocycles. The number of benzene rings is 12. The third kappa shape index (κ3) is 6.01. The maximum Gasteiger partial charge on any atom is 0.246 e. The highest BCUT2D eigenvalue weighted by Crippen LogP contribution is 2.41. The van der Waals surface area contributed by atoms with Gasteiger partial charge in [-0.3, -0.25) is 0 Å². The summed E-state index contributed by atoms with van der Waals surface area (Å²) in [5, 5.41) is 10.2. The van der Waals surface area contributed by atoms with Crippen LogP contribution in [-0.2, 0) is 0 Å². The van der Waals surface area contributed by atoms with Gasteiger partial charge < -0.3 is 9.80 Å². The Morgan fingerprint density at radius 2 is 0.676 bits per heavy atom. The predicted molar refractivity (Wildman–Crippen MR) is 293 cm³/mol. The van der Waals surface area contributed by atoms with Gasteiger partial charge in [0.25, 0.3) is 0 Å². The Balaban J connectivity index is 0.989. The van der Waals surface area contributed by atoms with E-state index in [0.29, 0.717) is 0 Å². The van der Waals surface area contributed by atoms with E-state index in [9.17, 15) is 0 Å². The molecule has 314 valence electrons. The number of para-hydroxylation sites is 4. The van der Waals surface area contributed by atoms with Crippen molar-refractivity contribution in [3.05, 3.63) is 255 Å². The first-order chi connectivity index (χ1) is 33.7. The second kappa shape index (κ2) is 15.5. The first kappa shape index (κ1) is 38.7. The Kier molecular flexibility index (Phi) is 8.82. The molecule has 68 heavy (non-hydrogen) atoms. The van der Waals surface area contributed by atoms with E-state index < -0.39 is 0 Å². The zero-order chi connectivity index (χ0) is 44.7. The van der Waals surface area contributed by atoms with Crippen LogP contribution in [0.4, 0.5) is 34.1 Å². The highest BCUT2D eigenvalue weighted by atomic mass is 15.2. The van der Waals surface area contributed by atoms with Crippen LogP contribution in [0.5, 0.6) is 0 Å². The van der Waals surface area contributed by atoms with Gasteiger partial charge in [-0.15, -0.1) is 0 Å². The second-order valence-electron chi connectivity index (χ2n) is 18.4. The SMILES string of the molecule is c1ccc(N2c3ccccc3B(c3ccc4c5ccccc5c5ccccc5c4c3)c3cc(-c4ccc5c(c4)N(c4ccccc4)c4ccccc4B5c4ccc5ccccc5c4)ccc32)cc1. The first-order valence-corrected chi connectivity index (χ1v) is 23.7. The van der Waals surface area contributed by atoms with Crippen LogP contribution in [0.25, 0.3) is 54.2 Å². The molecule has 2 aliphatic rings. The molecule has 0 amide bonds. The molecule has 2 nitrogen and oxygen atoms in total. The summed E-state index contributed by atoms with van der Waals surface area (Å²) in [4.78, 5) is 4.94. The van der Waals surface area contributed by atoms with Crippen LogP contribution in [0.15, 0.2) is 255 Å². The van der Waals surface area contributed by atoms with Crippen LogP contribution in [0.2, 0.25) is 0 Å². The van der Waals surface area contributed by atoms with Crippen molar-refractivity contribution >= 4 is 123 Å². The minimum Gasteiger partial charge on any atom is -0.312 e. The lowest BCUT2D eigenvalue weighted by molar-refractivity contribution is 1.29. The molecular weight excluding hydrogens is 818 g/mol. The third-order valence-corrected chi connectivity index (χ3v) is 14.7. The summed E-state index contributed by atoms with van der Waals surface area (Å²) < 4.78 is 0. The first-order valence-electron chi connectivity index (χ1n) is 23.7. The average Bonchev–Trinajstić information content (AvgIpc) is 3.41. The maximum atomic E-state index is 2.49. The molecule has 2 aliphatic heterocycles. The normalized spacial score (nSPS) is 12.9. The Bertz CT molecular complexity index is 3930. The standard InChI is InChI=1S/C64H42B2N2/c1-3-19-49(20-4-1)67-61-29-15-14-28-58(61)66(48-35-36-55-53-25-10-9-23-51(53)52-24-11-12-26-54(52)56(55)42-48)60-40-45(33-38-63(60)67)46-32-37-59-64(41-46)68(50-21-5-2-6-22-50)62-30-16-13-27-57(62)65(59)47-34-31-43-17-7-8-18-44(43)39-47/h1-42H. The van der Waals surface area contributed by atoms with Gasteiger partial charge in [-0.25, -0.2) is 0 Å².